The molecular weight excluding hydrogens is 250 g/mol. The van der Waals surface area contributed by atoms with Gasteiger partial charge in [-0.05, 0) is 31.5 Å². The van der Waals surface area contributed by atoms with E-state index in [0.717, 1.165) is 5.56 Å². The van der Waals surface area contributed by atoms with Crippen molar-refractivity contribution < 1.29 is 9.53 Å². The second kappa shape index (κ2) is 5.59. The molecule has 0 aliphatic heterocycles. The van der Waals surface area contributed by atoms with E-state index >= 15 is 0 Å². The Hall–Kier alpha value is -1.95. The maximum absolute atomic E-state index is 11.8. The van der Waals surface area contributed by atoms with Crippen LogP contribution < -0.4 is 10.1 Å². The van der Waals surface area contributed by atoms with Crippen molar-refractivity contribution in [3.63, 3.8) is 0 Å². The largest absolute Gasteiger partial charge is 0.481 e. The number of ether oxygens (including phenoxy) is 1. The summed E-state index contributed by atoms with van der Waals surface area (Å²) in [6, 6.07) is 7.56. The molecule has 18 heavy (non-hydrogen) atoms. The summed E-state index contributed by atoms with van der Waals surface area (Å²) in [5, 5.41) is 10.5. The van der Waals surface area contributed by atoms with E-state index in [1.807, 2.05) is 31.2 Å². The first kappa shape index (κ1) is 12.5. The van der Waals surface area contributed by atoms with Gasteiger partial charge in [0.1, 0.15) is 11.3 Å². The maximum Gasteiger partial charge on any atom is 0.266 e. The predicted octanol–water partition coefficient (Wildman–Crippen LogP) is 2.25. The van der Waals surface area contributed by atoms with Crippen molar-refractivity contribution in [2.45, 2.75) is 20.0 Å². The average Bonchev–Trinajstić information content (AvgIpc) is 2.81. The molecule has 0 aliphatic rings. The summed E-state index contributed by atoms with van der Waals surface area (Å²) in [6.45, 7) is 3.66. The van der Waals surface area contributed by atoms with E-state index < -0.39 is 6.10 Å². The van der Waals surface area contributed by atoms with Gasteiger partial charge in [0.25, 0.3) is 5.91 Å². The van der Waals surface area contributed by atoms with E-state index in [9.17, 15) is 4.79 Å². The first-order valence-corrected chi connectivity index (χ1v) is 6.33. The van der Waals surface area contributed by atoms with Gasteiger partial charge < -0.3 is 4.74 Å². The minimum absolute atomic E-state index is 0.242. The van der Waals surface area contributed by atoms with Crippen LogP contribution in [0.25, 0.3) is 0 Å². The zero-order chi connectivity index (χ0) is 13.0. The van der Waals surface area contributed by atoms with E-state index in [-0.39, 0.29) is 5.91 Å². The van der Waals surface area contributed by atoms with Gasteiger partial charge in [-0.3, -0.25) is 10.1 Å². The van der Waals surface area contributed by atoms with Gasteiger partial charge in [-0.15, -0.1) is 10.2 Å². The monoisotopic (exact) mass is 263 g/mol. The summed E-state index contributed by atoms with van der Waals surface area (Å²) in [4.78, 5) is 11.8. The van der Waals surface area contributed by atoms with Crippen LogP contribution in [0.1, 0.15) is 12.5 Å². The number of nitrogens with one attached hydrogen (secondary N) is 1. The molecule has 94 valence electrons. The van der Waals surface area contributed by atoms with Crippen LogP contribution in [0.3, 0.4) is 0 Å². The van der Waals surface area contributed by atoms with Crippen molar-refractivity contribution in [1.82, 2.24) is 10.2 Å². The molecule has 1 unspecified atom stereocenters. The second-order valence-electron chi connectivity index (χ2n) is 3.81. The molecule has 1 amide bonds. The van der Waals surface area contributed by atoms with Crippen LogP contribution in [0.15, 0.2) is 29.8 Å². The number of rotatable bonds is 4. The lowest BCUT2D eigenvalue weighted by Gasteiger charge is -2.13. The molecule has 1 aromatic carbocycles. The van der Waals surface area contributed by atoms with Crippen LogP contribution in [0.2, 0.25) is 0 Å². The quantitative estimate of drug-likeness (QED) is 0.919. The molecule has 0 saturated carbocycles. The molecule has 2 aromatic rings. The van der Waals surface area contributed by atoms with Gasteiger partial charge in [0.15, 0.2) is 6.10 Å². The lowest BCUT2D eigenvalue weighted by atomic mass is 10.2. The number of hydrogen-bond acceptors (Lipinski definition) is 5. The minimum Gasteiger partial charge on any atom is -0.481 e. The highest BCUT2D eigenvalue weighted by Crippen LogP contribution is 2.15. The van der Waals surface area contributed by atoms with E-state index in [0.29, 0.717) is 10.9 Å². The standard InChI is InChI=1S/C12H13N3O2S/c1-8-4-3-5-10(6-8)17-9(2)11(16)14-12-15-13-7-18-12/h3-7,9H,1-2H3,(H,14,15,16). The molecule has 5 nitrogen and oxygen atoms in total. The Balaban J connectivity index is 1.95. The molecule has 0 spiro atoms. The van der Waals surface area contributed by atoms with Crippen molar-refractivity contribution in [1.29, 1.82) is 0 Å². The fourth-order valence-electron chi connectivity index (χ4n) is 1.38. The van der Waals surface area contributed by atoms with Crippen molar-refractivity contribution in [2.24, 2.45) is 0 Å². The van der Waals surface area contributed by atoms with Crippen LogP contribution in [0.5, 0.6) is 5.75 Å². The van der Waals surface area contributed by atoms with Crippen LogP contribution in [-0.2, 0) is 4.79 Å². The third-order valence-corrected chi connectivity index (χ3v) is 2.87. The zero-order valence-electron chi connectivity index (χ0n) is 10.1. The number of aryl methyl sites for hydroxylation is 1. The minimum atomic E-state index is -0.587. The van der Waals surface area contributed by atoms with Gasteiger partial charge >= 0.3 is 0 Å². The number of amides is 1. The molecule has 0 radical (unpaired) electrons. The SMILES string of the molecule is Cc1cccc(OC(C)C(=O)Nc2nncs2)c1. The highest BCUT2D eigenvalue weighted by molar-refractivity contribution is 7.13. The molecule has 6 heteroatoms. The Morgan fingerprint density at radius 1 is 1.50 bits per heavy atom. The Morgan fingerprint density at radius 3 is 3.00 bits per heavy atom. The number of carbonyl (C=O) groups excluding carboxylic acids is 1. The summed E-state index contributed by atoms with van der Waals surface area (Å²) >= 11 is 1.27. The predicted molar refractivity (Wildman–Crippen MR) is 69.8 cm³/mol. The number of nitrogens with zero attached hydrogens (tertiary/aromatic N) is 2. The van der Waals surface area contributed by atoms with E-state index in [2.05, 4.69) is 15.5 Å². The van der Waals surface area contributed by atoms with Crippen LogP contribution in [0.4, 0.5) is 5.13 Å². The number of aromatic nitrogens is 2. The summed E-state index contributed by atoms with van der Waals surface area (Å²) in [5.41, 5.74) is 2.64. The van der Waals surface area contributed by atoms with Crippen LogP contribution >= 0.6 is 11.3 Å². The first-order valence-electron chi connectivity index (χ1n) is 5.45. The fraction of sp³-hybridized carbons (Fsp3) is 0.250. The van der Waals surface area contributed by atoms with Gasteiger partial charge in [-0.2, -0.15) is 0 Å². The number of carbonyl (C=O) groups is 1. The number of hydrogen-bond donors (Lipinski definition) is 1. The molecule has 0 fully saturated rings. The molecule has 1 atom stereocenters. The van der Waals surface area contributed by atoms with Gasteiger partial charge in [-0.1, -0.05) is 23.5 Å². The van der Waals surface area contributed by atoms with Gasteiger partial charge in [0, 0.05) is 0 Å². The number of anilines is 1. The van der Waals surface area contributed by atoms with Crippen LogP contribution in [0, 0.1) is 6.92 Å². The second-order valence-corrected chi connectivity index (χ2v) is 4.64. The van der Waals surface area contributed by atoms with Gasteiger partial charge in [0.05, 0.1) is 0 Å². The summed E-state index contributed by atoms with van der Waals surface area (Å²) in [7, 11) is 0. The summed E-state index contributed by atoms with van der Waals surface area (Å²) in [5.74, 6) is 0.433. The van der Waals surface area contributed by atoms with Crippen LogP contribution in [-0.4, -0.2) is 22.2 Å². The molecule has 1 heterocycles. The summed E-state index contributed by atoms with van der Waals surface area (Å²) < 4.78 is 5.55. The average molecular weight is 263 g/mol. The summed E-state index contributed by atoms with van der Waals surface area (Å²) in [6.07, 6.45) is -0.587. The Kier molecular flexibility index (Phi) is 3.88. The lowest BCUT2D eigenvalue weighted by molar-refractivity contribution is -0.122. The van der Waals surface area contributed by atoms with E-state index in [4.69, 9.17) is 4.74 Å². The Morgan fingerprint density at radius 2 is 2.33 bits per heavy atom. The third-order valence-electron chi connectivity index (χ3n) is 2.26. The first-order chi connectivity index (χ1) is 8.65. The number of benzene rings is 1. The molecule has 1 N–H and O–H groups in total. The Bertz CT molecular complexity index is 528. The van der Waals surface area contributed by atoms with Crippen molar-refractivity contribution in [3.8, 4) is 5.75 Å². The fourth-order valence-corrected chi connectivity index (χ4v) is 1.83. The van der Waals surface area contributed by atoms with Crippen molar-refractivity contribution >= 4 is 22.4 Å². The zero-order valence-corrected chi connectivity index (χ0v) is 10.9. The van der Waals surface area contributed by atoms with E-state index in [1.54, 1.807) is 12.4 Å². The normalized spacial score (nSPS) is 11.9. The molecule has 0 bridgehead atoms. The highest BCUT2D eigenvalue weighted by Gasteiger charge is 2.15. The van der Waals surface area contributed by atoms with E-state index in [1.165, 1.54) is 11.3 Å². The molecule has 0 aliphatic carbocycles. The highest BCUT2D eigenvalue weighted by atomic mass is 32.1. The lowest BCUT2D eigenvalue weighted by Crippen LogP contribution is -2.30. The molecule has 2 rings (SSSR count). The van der Waals surface area contributed by atoms with Crippen molar-refractivity contribution in [3.05, 3.63) is 35.3 Å². The molecule has 0 saturated heterocycles. The molecular formula is C12H13N3O2S. The smallest absolute Gasteiger partial charge is 0.266 e. The Labute approximate surface area is 109 Å². The van der Waals surface area contributed by atoms with Crippen molar-refractivity contribution in [2.75, 3.05) is 5.32 Å². The molecule has 1 aromatic heterocycles. The maximum atomic E-state index is 11.8. The van der Waals surface area contributed by atoms with Gasteiger partial charge in [-0.25, -0.2) is 0 Å². The topological polar surface area (TPSA) is 64.1 Å². The van der Waals surface area contributed by atoms with Gasteiger partial charge in [0.2, 0.25) is 5.13 Å². The third kappa shape index (κ3) is 3.27.